The summed E-state index contributed by atoms with van der Waals surface area (Å²) in [6.07, 6.45) is 48.8. The smallest absolute Gasteiger partial charge is 0.0543 e. The molecule has 0 aromatic heterocycles. The first-order valence-corrected chi connectivity index (χ1v) is 22.5. The molecule has 48 heavy (non-hydrogen) atoms. The van der Waals surface area contributed by atoms with Crippen LogP contribution in [0.4, 0.5) is 0 Å². The minimum absolute atomic E-state index is 0.698. The van der Waals surface area contributed by atoms with Crippen molar-refractivity contribution in [2.75, 3.05) is 0 Å². The molecule has 10 aliphatic rings. The van der Waals surface area contributed by atoms with Crippen molar-refractivity contribution in [1.29, 1.82) is 0 Å². The van der Waals surface area contributed by atoms with Gasteiger partial charge in [0.25, 0.3) is 0 Å². The van der Waals surface area contributed by atoms with E-state index in [1.54, 1.807) is 38.5 Å². The molecule has 0 aromatic rings. The van der Waals surface area contributed by atoms with E-state index in [1.165, 1.54) is 135 Å². The summed E-state index contributed by atoms with van der Waals surface area (Å²) >= 11 is 0. The van der Waals surface area contributed by atoms with Gasteiger partial charge in [-0.25, -0.2) is 0 Å². The van der Waals surface area contributed by atoms with Gasteiger partial charge in [0.05, 0.1) is 6.04 Å². The summed E-state index contributed by atoms with van der Waals surface area (Å²) < 4.78 is 0. The van der Waals surface area contributed by atoms with Crippen LogP contribution >= 0.6 is 0 Å². The summed E-state index contributed by atoms with van der Waals surface area (Å²) in [5.41, 5.74) is 5.80. The molecule has 0 amide bonds. The molecule has 264 valence electrons. The predicted molar refractivity (Wildman–Crippen MR) is 199 cm³/mol. The summed E-state index contributed by atoms with van der Waals surface area (Å²) in [6, 6.07) is 3.97. The van der Waals surface area contributed by atoms with Crippen molar-refractivity contribution in [1.82, 2.24) is 9.80 Å². The highest BCUT2D eigenvalue weighted by atomic mass is 15.3. The molecule has 0 N–H and O–H groups in total. The van der Waals surface area contributed by atoms with Crippen LogP contribution in [-0.2, 0) is 0 Å². The zero-order valence-corrected chi connectivity index (χ0v) is 30.7. The minimum Gasteiger partial charge on any atom is -0.365 e. The molecule has 6 fully saturated rings. The van der Waals surface area contributed by atoms with Gasteiger partial charge in [-0.05, 0) is 169 Å². The summed E-state index contributed by atoms with van der Waals surface area (Å²) in [5, 5.41) is 0. The first-order chi connectivity index (χ1) is 23.8. The summed E-state index contributed by atoms with van der Waals surface area (Å²) in [6.45, 7) is 0. The topological polar surface area (TPSA) is 6.48 Å². The van der Waals surface area contributed by atoms with Crippen LogP contribution in [0.25, 0.3) is 0 Å². The van der Waals surface area contributed by atoms with E-state index < -0.39 is 0 Å². The fraction of sp³-hybridized carbons (Fsp3) is 0.870. The fourth-order valence-corrected chi connectivity index (χ4v) is 15.5. The number of fused-ring (bicyclic) bond motifs is 7. The van der Waals surface area contributed by atoms with Gasteiger partial charge in [-0.3, -0.25) is 4.90 Å². The maximum Gasteiger partial charge on any atom is 0.0543 e. The molecule has 2 heteroatoms. The Balaban J connectivity index is 0.908. The second kappa shape index (κ2) is 13.5. The molecule has 2 nitrogen and oxygen atoms in total. The van der Waals surface area contributed by atoms with Crippen LogP contribution in [0, 0.1) is 47.3 Å². The lowest BCUT2D eigenvalue weighted by Gasteiger charge is -2.50. The molecule has 12 unspecified atom stereocenters. The molecule has 5 saturated carbocycles. The van der Waals surface area contributed by atoms with Crippen LogP contribution in [0.3, 0.4) is 0 Å². The Morgan fingerprint density at radius 3 is 2.19 bits per heavy atom. The number of hydrogen-bond acceptors (Lipinski definition) is 2. The number of hydrogen-bond donors (Lipinski definition) is 0. The van der Waals surface area contributed by atoms with Crippen molar-refractivity contribution < 1.29 is 0 Å². The predicted octanol–water partition coefficient (Wildman–Crippen LogP) is 11.8. The van der Waals surface area contributed by atoms with Crippen molar-refractivity contribution in [3.05, 3.63) is 35.1 Å². The first kappa shape index (κ1) is 31.7. The quantitative estimate of drug-likeness (QED) is 0.279. The summed E-state index contributed by atoms with van der Waals surface area (Å²) in [4.78, 5) is 6.46. The molecular weight excluding hydrogens is 581 g/mol. The molecule has 12 atom stereocenters. The van der Waals surface area contributed by atoms with Crippen molar-refractivity contribution in [3.8, 4) is 0 Å². The third kappa shape index (κ3) is 5.48. The van der Waals surface area contributed by atoms with E-state index in [4.69, 9.17) is 0 Å². The monoisotopic (exact) mass is 651 g/mol. The lowest BCUT2D eigenvalue weighted by Crippen LogP contribution is -2.51. The SMILES string of the molecule is C1=CC2C(C3CCCCC3N2C2CCCC(C3=CCCCC3)C2)C2C3=C(CCCC3)N(C3CCC4CC(C5CCCCC5)CCC4C3)C12. The van der Waals surface area contributed by atoms with Crippen molar-refractivity contribution in [3.63, 3.8) is 0 Å². The van der Waals surface area contributed by atoms with Gasteiger partial charge in [0, 0.05) is 35.8 Å². The molecule has 2 heterocycles. The Kier molecular flexibility index (Phi) is 8.92. The van der Waals surface area contributed by atoms with Gasteiger partial charge in [0.15, 0.2) is 0 Å². The van der Waals surface area contributed by atoms with Gasteiger partial charge in [0.1, 0.15) is 0 Å². The Labute approximate surface area is 295 Å². The van der Waals surface area contributed by atoms with Crippen LogP contribution in [0.1, 0.15) is 173 Å². The maximum absolute atomic E-state index is 3.26. The van der Waals surface area contributed by atoms with E-state index in [0.717, 1.165) is 71.5 Å². The number of nitrogens with zero attached hydrogens (tertiary/aromatic N) is 2. The van der Waals surface area contributed by atoms with Crippen molar-refractivity contribution in [2.45, 2.75) is 204 Å². The van der Waals surface area contributed by atoms with Crippen molar-refractivity contribution >= 4 is 0 Å². The van der Waals surface area contributed by atoms with Gasteiger partial charge < -0.3 is 4.90 Å². The van der Waals surface area contributed by atoms with Crippen LogP contribution in [0.5, 0.6) is 0 Å². The number of allylic oxidation sites excluding steroid dienone is 3. The van der Waals surface area contributed by atoms with Gasteiger partial charge in [-0.15, -0.1) is 0 Å². The molecular formula is C46H70N2. The zero-order chi connectivity index (χ0) is 31.6. The highest BCUT2D eigenvalue weighted by Gasteiger charge is 2.59. The Bertz CT molecular complexity index is 1250. The standard InChI is InChI=1S/C46H70N2/c1-3-12-31(13-4-1)33-16-11-17-37(29-33)47-41-20-9-7-18-39(41)45-43(47)26-27-44-46(45)40-19-8-10-21-42(40)48(44)38-25-24-35-28-34(22-23-36(35)30-38)32-14-5-2-6-15-32/h12,26-27,32-39,41,43-46H,1-11,13-25,28-30H2. The normalized spacial score (nSPS) is 46.8. The molecule has 1 saturated heterocycles. The van der Waals surface area contributed by atoms with E-state index >= 15 is 0 Å². The van der Waals surface area contributed by atoms with Crippen LogP contribution in [0.2, 0.25) is 0 Å². The van der Waals surface area contributed by atoms with E-state index in [9.17, 15) is 0 Å². The van der Waals surface area contributed by atoms with E-state index in [2.05, 4.69) is 28.0 Å². The lowest BCUT2D eigenvalue weighted by atomic mass is 9.62. The highest BCUT2D eigenvalue weighted by molar-refractivity contribution is 5.37. The molecule has 0 bridgehead atoms. The van der Waals surface area contributed by atoms with Gasteiger partial charge >= 0.3 is 0 Å². The Morgan fingerprint density at radius 1 is 0.521 bits per heavy atom. The van der Waals surface area contributed by atoms with E-state index in [1.807, 2.05) is 16.8 Å². The maximum atomic E-state index is 3.26. The minimum atomic E-state index is 0.698. The molecule has 2 aliphatic heterocycles. The van der Waals surface area contributed by atoms with Gasteiger partial charge in [0.2, 0.25) is 0 Å². The number of likely N-dealkylation sites (tertiary alicyclic amines) is 1. The summed E-state index contributed by atoms with van der Waals surface area (Å²) in [7, 11) is 0. The molecule has 0 aromatic carbocycles. The van der Waals surface area contributed by atoms with Crippen LogP contribution in [0.15, 0.2) is 35.1 Å². The lowest BCUT2D eigenvalue weighted by molar-refractivity contribution is 0.0352. The third-order valence-corrected chi connectivity index (χ3v) is 17.5. The van der Waals surface area contributed by atoms with E-state index in [0.29, 0.717) is 6.04 Å². The Morgan fingerprint density at radius 2 is 1.29 bits per heavy atom. The highest BCUT2D eigenvalue weighted by Crippen LogP contribution is 2.60. The van der Waals surface area contributed by atoms with Crippen LogP contribution in [-0.4, -0.2) is 40.0 Å². The third-order valence-electron chi connectivity index (χ3n) is 17.5. The molecule has 0 radical (unpaired) electrons. The number of rotatable bonds is 4. The second-order valence-corrected chi connectivity index (χ2v) is 19.5. The first-order valence-electron chi connectivity index (χ1n) is 22.5. The molecule has 0 spiro atoms. The molecule has 10 rings (SSSR count). The largest absolute Gasteiger partial charge is 0.365 e. The van der Waals surface area contributed by atoms with Crippen molar-refractivity contribution in [2.24, 2.45) is 47.3 Å². The van der Waals surface area contributed by atoms with Crippen LogP contribution < -0.4 is 0 Å². The fourth-order valence-electron chi connectivity index (χ4n) is 15.5. The summed E-state index contributed by atoms with van der Waals surface area (Å²) in [5.74, 6) is 7.84. The molecule has 8 aliphatic carbocycles. The second-order valence-electron chi connectivity index (χ2n) is 19.5. The van der Waals surface area contributed by atoms with Gasteiger partial charge in [-0.2, -0.15) is 0 Å². The average molecular weight is 651 g/mol. The Hall–Kier alpha value is -1.02. The van der Waals surface area contributed by atoms with Gasteiger partial charge in [-0.1, -0.05) is 75.2 Å². The van der Waals surface area contributed by atoms with E-state index in [-0.39, 0.29) is 0 Å². The average Bonchev–Trinajstić information content (AvgIpc) is 3.68. The zero-order valence-electron chi connectivity index (χ0n) is 30.7.